The lowest BCUT2D eigenvalue weighted by molar-refractivity contribution is -0.183. The molecule has 1 aromatic rings. The number of benzene rings is 1. The summed E-state index contributed by atoms with van der Waals surface area (Å²) >= 11 is 3.47. The quantitative estimate of drug-likeness (QED) is 0.639. The fourth-order valence-electron chi connectivity index (χ4n) is 3.85. The van der Waals surface area contributed by atoms with Gasteiger partial charge in [0.25, 0.3) is 0 Å². The number of hydroxylamine groups is 2. The monoisotopic (exact) mass is 453 g/mol. The number of nitrogens with zero attached hydrogens (tertiary/aromatic N) is 1. The van der Waals surface area contributed by atoms with Crippen molar-refractivity contribution >= 4 is 33.6 Å². The summed E-state index contributed by atoms with van der Waals surface area (Å²) in [6.07, 6.45) is 0.0769. The van der Waals surface area contributed by atoms with Crippen LogP contribution in [0.4, 0.5) is 4.79 Å². The van der Waals surface area contributed by atoms with Gasteiger partial charge in [-0.05, 0) is 49.6 Å². The largest absolute Gasteiger partial charge is 0.513 e. The molecule has 1 fully saturated rings. The van der Waals surface area contributed by atoms with Crippen molar-refractivity contribution in [1.82, 2.24) is 5.06 Å². The molecule has 1 aromatic carbocycles. The molecule has 0 N–H and O–H groups in total. The van der Waals surface area contributed by atoms with Gasteiger partial charge in [0.15, 0.2) is 11.4 Å². The summed E-state index contributed by atoms with van der Waals surface area (Å²) in [5, 5.41) is 1.79. The molecular formula is C20H24BrNO6. The fourth-order valence-corrected chi connectivity index (χ4v) is 4.54. The first-order valence-electron chi connectivity index (χ1n) is 9.20. The van der Waals surface area contributed by atoms with Crippen LogP contribution in [0.2, 0.25) is 0 Å². The third-order valence-corrected chi connectivity index (χ3v) is 5.57. The number of hydrogen-bond donors (Lipinski definition) is 0. The normalized spacial score (nSPS) is 19.1. The lowest BCUT2D eigenvalue weighted by Crippen LogP contribution is -2.46. The van der Waals surface area contributed by atoms with Crippen molar-refractivity contribution in [2.75, 3.05) is 26.8 Å². The molecule has 1 saturated heterocycles. The predicted molar refractivity (Wildman–Crippen MR) is 105 cm³/mol. The average molecular weight is 454 g/mol. The summed E-state index contributed by atoms with van der Waals surface area (Å²) in [4.78, 5) is 30.4. The van der Waals surface area contributed by atoms with Gasteiger partial charge in [0.05, 0.1) is 13.7 Å². The second-order valence-electron chi connectivity index (χ2n) is 6.90. The molecule has 152 valence electrons. The van der Waals surface area contributed by atoms with E-state index in [0.29, 0.717) is 31.5 Å². The van der Waals surface area contributed by atoms with Gasteiger partial charge < -0.3 is 19.0 Å². The van der Waals surface area contributed by atoms with Gasteiger partial charge in [0.1, 0.15) is 5.57 Å². The molecule has 0 unspecified atom stereocenters. The van der Waals surface area contributed by atoms with Gasteiger partial charge in [-0.2, -0.15) is 5.06 Å². The lowest BCUT2D eigenvalue weighted by Gasteiger charge is -2.37. The van der Waals surface area contributed by atoms with Gasteiger partial charge in [0, 0.05) is 30.4 Å². The van der Waals surface area contributed by atoms with Crippen LogP contribution in [0.5, 0.6) is 0 Å². The SMILES string of the molecule is CCOC(=O)OC1=C(c2c(C)cc(Br)cc2C)C(=O)OC12CCN(OC)CC2. The Bertz CT molecular complexity index is 803. The summed E-state index contributed by atoms with van der Waals surface area (Å²) < 4.78 is 17.3. The Morgan fingerprint density at radius 1 is 1.25 bits per heavy atom. The number of carbonyl (C=O) groups excluding carboxylic acids is 2. The van der Waals surface area contributed by atoms with Gasteiger partial charge >= 0.3 is 12.1 Å². The van der Waals surface area contributed by atoms with Crippen LogP contribution >= 0.6 is 15.9 Å². The molecular weight excluding hydrogens is 430 g/mol. The number of rotatable bonds is 4. The van der Waals surface area contributed by atoms with Crippen molar-refractivity contribution < 1.29 is 28.6 Å². The Kier molecular flexibility index (Phi) is 6.12. The molecule has 28 heavy (non-hydrogen) atoms. The molecule has 0 atom stereocenters. The van der Waals surface area contributed by atoms with Crippen LogP contribution in [-0.2, 0) is 23.8 Å². The van der Waals surface area contributed by atoms with Crippen LogP contribution in [-0.4, -0.2) is 49.6 Å². The van der Waals surface area contributed by atoms with Gasteiger partial charge in [0.2, 0.25) is 0 Å². The van der Waals surface area contributed by atoms with Gasteiger partial charge in [-0.15, -0.1) is 0 Å². The Labute approximate surface area is 172 Å². The number of halogens is 1. The first-order valence-corrected chi connectivity index (χ1v) is 9.99. The highest BCUT2D eigenvalue weighted by Crippen LogP contribution is 2.46. The molecule has 0 aromatic heterocycles. The zero-order valence-electron chi connectivity index (χ0n) is 16.5. The maximum absolute atomic E-state index is 13.0. The first kappa shape index (κ1) is 20.8. The highest BCUT2D eigenvalue weighted by atomic mass is 79.9. The molecule has 1 spiro atoms. The predicted octanol–water partition coefficient (Wildman–Crippen LogP) is 3.90. The van der Waals surface area contributed by atoms with Crippen LogP contribution in [0.1, 0.15) is 36.5 Å². The van der Waals surface area contributed by atoms with Gasteiger partial charge in [-0.1, -0.05) is 15.9 Å². The highest BCUT2D eigenvalue weighted by Gasteiger charge is 2.53. The van der Waals surface area contributed by atoms with Crippen molar-refractivity contribution in [3.63, 3.8) is 0 Å². The maximum Gasteiger partial charge on any atom is 0.513 e. The number of hydrogen-bond acceptors (Lipinski definition) is 7. The molecule has 0 aliphatic carbocycles. The molecule has 0 saturated carbocycles. The third-order valence-electron chi connectivity index (χ3n) is 5.12. The molecule has 0 amide bonds. The Balaban J connectivity index is 2.12. The minimum absolute atomic E-state index is 0.178. The van der Waals surface area contributed by atoms with E-state index < -0.39 is 17.7 Å². The molecule has 0 bridgehead atoms. The minimum atomic E-state index is -1.000. The Morgan fingerprint density at radius 2 is 1.86 bits per heavy atom. The number of carbonyl (C=O) groups is 2. The zero-order chi connectivity index (χ0) is 20.5. The number of aryl methyl sites for hydroxylation is 2. The summed E-state index contributed by atoms with van der Waals surface area (Å²) in [5.41, 5.74) is 1.78. The van der Waals surface area contributed by atoms with E-state index in [4.69, 9.17) is 19.0 Å². The summed E-state index contributed by atoms with van der Waals surface area (Å²) in [6, 6.07) is 3.84. The smallest absolute Gasteiger partial charge is 0.447 e. The van der Waals surface area contributed by atoms with Crippen molar-refractivity contribution in [2.24, 2.45) is 0 Å². The average Bonchev–Trinajstić information content (AvgIpc) is 2.87. The molecule has 3 rings (SSSR count). The number of piperidine rings is 1. The van der Waals surface area contributed by atoms with E-state index in [1.807, 2.05) is 26.0 Å². The van der Waals surface area contributed by atoms with E-state index in [2.05, 4.69) is 15.9 Å². The van der Waals surface area contributed by atoms with Crippen LogP contribution in [0.3, 0.4) is 0 Å². The topological polar surface area (TPSA) is 74.3 Å². The Hall–Kier alpha value is -1.90. The molecule has 7 nitrogen and oxygen atoms in total. The molecule has 2 aliphatic rings. The van der Waals surface area contributed by atoms with E-state index in [1.165, 1.54) is 0 Å². The molecule has 0 radical (unpaired) electrons. The zero-order valence-corrected chi connectivity index (χ0v) is 18.1. The fraction of sp³-hybridized carbons (Fsp3) is 0.500. The molecule has 2 aliphatic heterocycles. The van der Waals surface area contributed by atoms with Crippen LogP contribution in [0.15, 0.2) is 22.4 Å². The van der Waals surface area contributed by atoms with Crippen LogP contribution in [0.25, 0.3) is 5.57 Å². The second kappa shape index (κ2) is 8.23. The van der Waals surface area contributed by atoms with Crippen molar-refractivity contribution in [1.29, 1.82) is 0 Å². The van der Waals surface area contributed by atoms with Gasteiger partial charge in [-0.3, -0.25) is 0 Å². The maximum atomic E-state index is 13.0. The van der Waals surface area contributed by atoms with E-state index in [1.54, 1.807) is 19.1 Å². The summed E-state index contributed by atoms with van der Waals surface area (Å²) in [7, 11) is 1.60. The first-order chi connectivity index (χ1) is 13.3. The van der Waals surface area contributed by atoms with Crippen LogP contribution < -0.4 is 0 Å². The van der Waals surface area contributed by atoms with Crippen molar-refractivity contribution in [3.8, 4) is 0 Å². The minimum Gasteiger partial charge on any atom is -0.447 e. The number of esters is 1. The molecule has 2 heterocycles. The van der Waals surface area contributed by atoms with E-state index >= 15 is 0 Å². The Morgan fingerprint density at radius 3 is 2.39 bits per heavy atom. The van der Waals surface area contributed by atoms with Crippen LogP contribution in [0, 0.1) is 13.8 Å². The molecule has 8 heteroatoms. The van der Waals surface area contributed by atoms with Crippen molar-refractivity contribution in [2.45, 2.75) is 39.2 Å². The highest BCUT2D eigenvalue weighted by molar-refractivity contribution is 9.10. The second-order valence-corrected chi connectivity index (χ2v) is 7.81. The standard InChI is InChI=1S/C20H24BrNO6/c1-5-26-19(24)27-17-16(15-12(2)10-14(21)11-13(15)3)18(23)28-20(17)6-8-22(25-4)9-7-20/h10-11H,5-9H2,1-4H3. The third kappa shape index (κ3) is 3.81. The lowest BCUT2D eigenvalue weighted by atomic mass is 9.86. The summed E-state index contributed by atoms with van der Waals surface area (Å²) in [5.74, 6) is -0.251. The van der Waals surface area contributed by atoms with Gasteiger partial charge in [-0.25, -0.2) is 9.59 Å². The number of ether oxygens (including phenoxy) is 3. The van der Waals surface area contributed by atoms with E-state index in [9.17, 15) is 9.59 Å². The summed E-state index contributed by atoms with van der Waals surface area (Å²) in [6.45, 7) is 6.79. The van der Waals surface area contributed by atoms with E-state index in [-0.39, 0.29) is 12.4 Å². The van der Waals surface area contributed by atoms with Crippen molar-refractivity contribution in [3.05, 3.63) is 39.1 Å². The van der Waals surface area contributed by atoms with E-state index in [0.717, 1.165) is 21.2 Å².